The van der Waals surface area contributed by atoms with Crippen LogP contribution in [0.1, 0.15) is 18.4 Å². The number of rotatable bonds is 3. The number of piperidine rings is 1. The third-order valence-corrected chi connectivity index (χ3v) is 5.32. The highest BCUT2D eigenvalue weighted by molar-refractivity contribution is 7.89. The lowest BCUT2D eigenvalue weighted by Gasteiger charge is -2.38. The minimum Gasteiger partial charge on any atom is -0.294 e. The van der Waals surface area contributed by atoms with Crippen molar-refractivity contribution in [2.45, 2.75) is 36.0 Å². The molecule has 0 spiro atoms. The molecule has 1 fully saturated rings. The van der Waals surface area contributed by atoms with Gasteiger partial charge in [-0.1, -0.05) is 6.07 Å². The van der Waals surface area contributed by atoms with Gasteiger partial charge in [-0.3, -0.25) is 4.90 Å². The first-order valence-electron chi connectivity index (χ1n) is 6.93. The van der Waals surface area contributed by atoms with Crippen molar-refractivity contribution >= 4 is 10.0 Å². The van der Waals surface area contributed by atoms with Gasteiger partial charge in [-0.25, -0.2) is 13.1 Å². The van der Waals surface area contributed by atoms with Crippen molar-refractivity contribution in [2.24, 2.45) is 0 Å². The van der Waals surface area contributed by atoms with E-state index in [0.717, 1.165) is 4.90 Å². The van der Waals surface area contributed by atoms with Crippen LogP contribution in [0, 0.1) is 11.3 Å². The topological polar surface area (TPSA) is 73.2 Å². The van der Waals surface area contributed by atoms with E-state index in [1.54, 1.807) is 0 Å². The summed E-state index contributed by atoms with van der Waals surface area (Å²) in [5.41, 5.74) is 0.200. The molecule has 1 aliphatic heterocycles. The Balaban J connectivity index is 2.09. The smallest absolute Gasteiger partial charge is 0.294 e. The standard InChI is InChI=1S/C14H16F3N3O2S/c1-20-9-11(5-6-13(20)14(15,16)17)19-23(21,22)12-4-2-3-10(7-12)8-18/h2-4,7,11,13,19H,5-6,9H2,1H3/t11-,13+/m1/s1. The van der Waals surface area contributed by atoms with Crippen molar-refractivity contribution in [3.8, 4) is 6.07 Å². The van der Waals surface area contributed by atoms with Crippen molar-refractivity contribution in [2.75, 3.05) is 13.6 Å². The molecule has 0 unspecified atom stereocenters. The van der Waals surface area contributed by atoms with Gasteiger partial charge in [0.1, 0.15) is 6.04 Å². The minimum atomic E-state index is -4.32. The molecule has 0 radical (unpaired) electrons. The Morgan fingerprint density at radius 2 is 2.04 bits per heavy atom. The number of likely N-dealkylation sites (tertiary alicyclic amines) is 1. The summed E-state index contributed by atoms with van der Waals surface area (Å²) in [4.78, 5) is 1.04. The van der Waals surface area contributed by atoms with Crippen LogP contribution in [0.15, 0.2) is 29.2 Å². The summed E-state index contributed by atoms with van der Waals surface area (Å²) in [7, 11) is -2.55. The fourth-order valence-corrected chi connectivity index (χ4v) is 3.98. The van der Waals surface area contributed by atoms with Crippen molar-refractivity contribution < 1.29 is 21.6 Å². The minimum absolute atomic E-state index is 0.0264. The molecule has 1 saturated heterocycles. The van der Waals surface area contributed by atoms with Gasteiger partial charge in [-0.2, -0.15) is 18.4 Å². The molecule has 1 heterocycles. The molecular formula is C14H16F3N3O2S. The second-order valence-corrected chi connectivity index (χ2v) is 7.25. The Labute approximate surface area is 132 Å². The normalized spacial score (nSPS) is 23.4. The van der Waals surface area contributed by atoms with E-state index in [-0.39, 0.29) is 29.8 Å². The predicted molar refractivity (Wildman–Crippen MR) is 77.0 cm³/mol. The molecule has 1 aromatic carbocycles. The number of nitrogens with one attached hydrogen (secondary N) is 1. The summed E-state index contributed by atoms with van der Waals surface area (Å²) < 4.78 is 65.4. The van der Waals surface area contributed by atoms with Crippen molar-refractivity contribution in [1.29, 1.82) is 5.26 Å². The number of likely N-dealkylation sites (N-methyl/N-ethyl adjacent to an activating group) is 1. The SMILES string of the molecule is CN1C[C@H](NS(=O)(=O)c2cccc(C#N)c2)CC[C@H]1C(F)(F)F. The molecular weight excluding hydrogens is 331 g/mol. The number of nitriles is 1. The zero-order valence-corrected chi connectivity index (χ0v) is 13.2. The molecule has 1 aliphatic rings. The van der Waals surface area contributed by atoms with Gasteiger partial charge in [0.2, 0.25) is 10.0 Å². The van der Waals surface area contributed by atoms with Crippen LogP contribution in [0.4, 0.5) is 13.2 Å². The van der Waals surface area contributed by atoms with E-state index in [2.05, 4.69) is 4.72 Å². The second-order valence-electron chi connectivity index (χ2n) is 5.53. The largest absolute Gasteiger partial charge is 0.404 e. The lowest BCUT2D eigenvalue weighted by molar-refractivity contribution is -0.188. The highest BCUT2D eigenvalue weighted by Crippen LogP contribution is 2.31. The number of hydrogen-bond acceptors (Lipinski definition) is 4. The van der Waals surface area contributed by atoms with Crippen molar-refractivity contribution in [1.82, 2.24) is 9.62 Å². The van der Waals surface area contributed by atoms with Crippen LogP contribution in [0.3, 0.4) is 0 Å². The molecule has 0 aromatic heterocycles. The van der Waals surface area contributed by atoms with E-state index in [1.807, 2.05) is 6.07 Å². The van der Waals surface area contributed by atoms with E-state index < -0.39 is 28.3 Å². The van der Waals surface area contributed by atoms with Crippen molar-refractivity contribution in [3.05, 3.63) is 29.8 Å². The lowest BCUT2D eigenvalue weighted by Crippen LogP contribution is -2.54. The first kappa shape index (κ1) is 17.7. The Bertz CT molecular complexity index is 713. The van der Waals surface area contributed by atoms with Crippen LogP contribution in [0.5, 0.6) is 0 Å². The van der Waals surface area contributed by atoms with E-state index in [4.69, 9.17) is 5.26 Å². The molecule has 0 saturated carbocycles. The van der Waals surface area contributed by atoms with Crippen LogP contribution >= 0.6 is 0 Å². The van der Waals surface area contributed by atoms with Gasteiger partial charge < -0.3 is 0 Å². The van der Waals surface area contributed by atoms with Gasteiger partial charge >= 0.3 is 6.18 Å². The van der Waals surface area contributed by atoms with Crippen LogP contribution in [-0.2, 0) is 10.0 Å². The van der Waals surface area contributed by atoms with E-state index >= 15 is 0 Å². The van der Waals surface area contributed by atoms with Gasteiger partial charge in [-0.15, -0.1) is 0 Å². The fourth-order valence-electron chi connectivity index (χ4n) is 2.68. The molecule has 2 rings (SSSR count). The fraction of sp³-hybridized carbons (Fsp3) is 0.500. The molecule has 0 amide bonds. The Morgan fingerprint density at radius 1 is 1.35 bits per heavy atom. The monoisotopic (exact) mass is 347 g/mol. The molecule has 1 aromatic rings. The summed E-state index contributed by atoms with van der Waals surface area (Å²) >= 11 is 0. The zero-order valence-electron chi connectivity index (χ0n) is 12.3. The number of hydrogen-bond donors (Lipinski definition) is 1. The first-order valence-corrected chi connectivity index (χ1v) is 8.41. The third kappa shape index (κ3) is 4.22. The number of halogens is 3. The lowest BCUT2D eigenvalue weighted by atomic mass is 9.99. The summed E-state index contributed by atoms with van der Waals surface area (Å²) in [6.07, 6.45) is -4.38. The number of nitrogens with zero attached hydrogens (tertiary/aromatic N) is 2. The molecule has 5 nitrogen and oxygen atoms in total. The summed E-state index contributed by atoms with van der Waals surface area (Å²) in [5.74, 6) is 0. The van der Waals surface area contributed by atoms with Crippen LogP contribution in [0.25, 0.3) is 0 Å². The maximum absolute atomic E-state index is 12.8. The molecule has 126 valence electrons. The highest BCUT2D eigenvalue weighted by atomic mass is 32.2. The first-order chi connectivity index (χ1) is 10.6. The Hall–Kier alpha value is -1.63. The maximum atomic E-state index is 12.8. The highest BCUT2D eigenvalue weighted by Gasteiger charge is 2.45. The van der Waals surface area contributed by atoms with Crippen molar-refractivity contribution in [3.63, 3.8) is 0 Å². The van der Waals surface area contributed by atoms with E-state index in [1.165, 1.54) is 31.3 Å². The van der Waals surface area contributed by atoms with Crippen LogP contribution in [-0.4, -0.2) is 45.2 Å². The quantitative estimate of drug-likeness (QED) is 0.906. The van der Waals surface area contributed by atoms with Crippen LogP contribution in [0.2, 0.25) is 0 Å². The summed E-state index contributed by atoms with van der Waals surface area (Å²) in [6, 6.07) is 5.18. The van der Waals surface area contributed by atoms with E-state index in [9.17, 15) is 21.6 Å². The number of alkyl halides is 3. The second kappa shape index (κ2) is 6.47. The number of sulfonamides is 1. The molecule has 1 N–H and O–H groups in total. The summed E-state index contributed by atoms with van der Waals surface area (Å²) in [6.45, 7) is -0.0264. The Kier molecular flexibility index (Phi) is 4.98. The van der Waals surface area contributed by atoms with Crippen LogP contribution < -0.4 is 4.72 Å². The van der Waals surface area contributed by atoms with Gasteiger partial charge in [0.15, 0.2) is 0 Å². The average Bonchev–Trinajstić information content (AvgIpc) is 2.45. The molecule has 0 aliphatic carbocycles. The maximum Gasteiger partial charge on any atom is 0.404 e. The van der Waals surface area contributed by atoms with Gasteiger partial charge in [0, 0.05) is 12.6 Å². The van der Waals surface area contributed by atoms with E-state index in [0.29, 0.717) is 0 Å². The molecule has 0 bridgehead atoms. The zero-order chi connectivity index (χ0) is 17.3. The van der Waals surface area contributed by atoms with Gasteiger partial charge in [0.05, 0.1) is 16.5 Å². The molecule has 9 heteroatoms. The van der Waals surface area contributed by atoms with Gasteiger partial charge in [-0.05, 0) is 38.1 Å². The molecule has 2 atom stereocenters. The molecule has 23 heavy (non-hydrogen) atoms. The Morgan fingerprint density at radius 3 is 2.61 bits per heavy atom. The average molecular weight is 347 g/mol. The van der Waals surface area contributed by atoms with Gasteiger partial charge in [0.25, 0.3) is 0 Å². The predicted octanol–water partition coefficient (Wildman–Crippen LogP) is 1.86. The third-order valence-electron chi connectivity index (χ3n) is 3.80. The number of benzene rings is 1. The summed E-state index contributed by atoms with van der Waals surface area (Å²) in [5, 5.41) is 8.81.